The van der Waals surface area contributed by atoms with E-state index < -0.39 is 48.3 Å². The van der Waals surface area contributed by atoms with Gasteiger partial charge in [0, 0.05) is 5.92 Å². The van der Waals surface area contributed by atoms with E-state index >= 15 is 0 Å². The van der Waals surface area contributed by atoms with E-state index in [1.807, 2.05) is 36.4 Å². The van der Waals surface area contributed by atoms with Crippen LogP contribution in [0.1, 0.15) is 24.0 Å². The Labute approximate surface area is 186 Å². The molecule has 0 heterocycles. The Kier molecular flexibility index (Phi) is 6.92. The van der Waals surface area contributed by atoms with Crippen molar-refractivity contribution in [2.24, 2.45) is 0 Å². The van der Waals surface area contributed by atoms with Gasteiger partial charge >= 0.3 is 18.2 Å². The van der Waals surface area contributed by atoms with Crippen molar-refractivity contribution in [1.82, 2.24) is 10.6 Å². The molecule has 176 valence electrons. The van der Waals surface area contributed by atoms with Gasteiger partial charge in [0.25, 0.3) is 5.91 Å². The second-order valence-corrected chi connectivity index (χ2v) is 7.51. The van der Waals surface area contributed by atoms with Gasteiger partial charge in [0.1, 0.15) is 6.61 Å². The van der Waals surface area contributed by atoms with E-state index in [4.69, 9.17) is 9.84 Å². The van der Waals surface area contributed by atoms with Crippen LogP contribution in [-0.2, 0) is 14.3 Å². The van der Waals surface area contributed by atoms with Crippen molar-refractivity contribution in [2.75, 3.05) is 6.61 Å². The number of alkyl carbamates (subject to hydrolysis) is 1. The molecular formula is C22H21F3N2O6. The van der Waals surface area contributed by atoms with Crippen LogP contribution < -0.4 is 10.6 Å². The molecule has 3 unspecified atom stereocenters. The van der Waals surface area contributed by atoms with Crippen molar-refractivity contribution in [3.05, 3.63) is 59.7 Å². The fourth-order valence-electron chi connectivity index (χ4n) is 3.68. The Hall–Kier alpha value is -3.60. The Morgan fingerprint density at radius 1 is 1.00 bits per heavy atom. The van der Waals surface area contributed by atoms with Gasteiger partial charge < -0.3 is 25.6 Å². The number of halogens is 3. The maximum atomic E-state index is 13.4. The first-order chi connectivity index (χ1) is 15.5. The molecule has 3 atom stereocenters. The zero-order chi connectivity index (χ0) is 24.3. The number of ether oxygens (including phenoxy) is 1. The minimum absolute atomic E-state index is 0.280. The lowest BCUT2D eigenvalue weighted by molar-refractivity contribution is -0.170. The molecular weight excluding hydrogens is 445 g/mol. The standard InChI is InChI=1S/C22H21F3N2O6/c1-11(28)17(20(30)31)26-19(29)18(22(23,24)25)27-21(32)33-10-16-14-8-4-2-6-12(14)13-7-3-5-9-15(13)16/h2-9,11,16-18,28H,10H2,1H3,(H,26,29)(H,27,32)(H,30,31). The average Bonchev–Trinajstić information content (AvgIpc) is 3.06. The second kappa shape index (κ2) is 9.49. The lowest BCUT2D eigenvalue weighted by Gasteiger charge is -2.24. The van der Waals surface area contributed by atoms with Crippen LogP contribution >= 0.6 is 0 Å². The molecule has 1 aliphatic carbocycles. The summed E-state index contributed by atoms with van der Waals surface area (Å²) in [5, 5.41) is 21.3. The zero-order valence-electron chi connectivity index (χ0n) is 17.3. The molecule has 0 radical (unpaired) electrons. The molecule has 3 rings (SSSR count). The van der Waals surface area contributed by atoms with Crippen molar-refractivity contribution in [3.8, 4) is 11.1 Å². The number of aliphatic hydroxyl groups is 1. The largest absolute Gasteiger partial charge is 0.480 e. The molecule has 2 amide bonds. The summed E-state index contributed by atoms with van der Waals surface area (Å²) in [4.78, 5) is 35.3. The maximum absolute atomic E-state index is 13.4. The third-order valence-corrected chi connectivity index (χ3v) is 5.24. The van der Waals surface area contributed by atoms with Gasteiger partial charge in [0.15, 0.2) is 6.04 Å². The van der Waals surface area contributed by atoms with E-state index in [9.17, 15) is 32.7 Å². The van der Waals surface area contributed by atoms with Crippen LogP contribution in [0.4, 0.5) is 18.0 Å². The molecule has 8 nitrogen and oxygen atoms in total. The summed E-state index contributed by atoms with van der Waals surface area (Å²) in [7, 11) is 0. The molecule has 0 fully saturated rings. The number of hydrogen-bond donors (Lipinski definition) is 4. The lowest BCUT2D eigenvalue weighted by Crippen LogP contribution is -2.59. The van der Waals surface area contributed by atoms with Gasteiger partial charge in [-0.2, -0.15) is 13.2 Å². The Morgan fingerprint density at radius 3 is 1.97 bits per heavy atom. The van der Waals surface area contributed by atoms with Gasteiger partial charge in [0.2, 0.25) is 6.04 Å². The van der Waals surface area contributed by atoms with E-state index in [0.29, 0.717) is 0 Å². The number of rotatable bonds is 7. The minimum atomic E-state index is -5.24. The Balaban J connectivity index is 1.71. The molecule has 4 N–H and O–H groups in total. The summed E-state index contributed by atoms with van der Waals surface area (Å²) in [6.07, 6.45) is -8.41. The molecule has 2 aromatic rings. The van der Waals surface area contributed by atoms with Gasteiger partial charge in [-0.25, -0.2) is 9.59 Å². The normalized spacial score (nSPS) is 15.5. The van der Waals surface area contributed by atoms with Crippen molar-refractivity contribution >= 4 is 18.0 Å². The van der Waals surface area contributed by atoms with Crippen molar-refractivity contribution in [3.63, 3.8) is 0 Å². The SMILES string of the molecule is CC(O)C(NC(=O)C(NC(=O)OCC1c2ccccc2-c2ccccc21)C(F)(F)F)C(=O)O. The summed E-state index contributed by atoms with van der Waals surface area (Å²) in [6, 6.07) is 9.64. The number of carboxylic acid groups (broad SMARTS) is 1. The van der Waals surface area contributed by atoms with E-state index in [1.54, 1.807) is 17.4 Å². The summed E-state index contributed by atoms with van der Waals surface area (Å²) in [5.41, 5.74) is 3.54. The molecule has 0 saturated carbocycles. The molecule has 0 bridgehead atoms. The fraction of sp³-hybridized carbons (Fsp3) is 0.318. The highest BCUT2D eigenvalue weighted by Gasteiger charge is 2.47. The minimum Gasteiger partial charge on any atom is -0.480 e. The first-order valence-electron chi connectivity index (χ1n) is 9.90. The van der Waals surface area contributed by atoms with Crippen LogP contribution in [0.3, 0.4) is 0 Å². The average molecular weight is 466 g/mol. The summed E-state index contributed by atoms with van der Waals surface area (Å²) in [6.45, 7) is 0.706. The maximum Gasteiger partial charge on any atom is 0.417 e. The van der Waals surface area contributed by atoms with Crippen LogP contribution in [0.2, 0.25) is 0 Å². The highest BCUT2D eigenvalue weighted by atomic mass is 19.4. The third-order valence-electron chi connectivity index (χ3n) is 5.24. The number of carbonyl (C=O) groups is 3. The monoisotopic (exact) mass is 466 g/mol. The number of aliphatic carboxylic acids is 1. The number of carbonyl (C=O) groups excluding carboxylic acids is 2. The second-order valence-electron chi connectivity index (χ2n) is 7.51. The van der Waals surface area contributed by atoms with Gasteiger partial charge in [-0.1, -0.05) is 48.5 Å². The quantitative estimate of drug-likeness (QED) is 0.497. The first kappa shape index (κ1) is 24.1. The fourth-order valence-corrected chi connectivity index (χ4v) is 3.68. The number of fused-ring (bicyclic) bond motifs is 3. The number of aliphatic hydroxyl groups excluding tert-OH is 1. The highest BCUT2D eigenvalue weighted by Crippen LogP contribution is 2.44. The van der Waals surface area contributed by atoms with Crippen LogP contribution in [0, 0.1) is 0 Å². The number of amides is 2. The van der Waals surface area contributed by atoms with Gasteiger partial charge in [-0.3, -0.25) is 4.79 Å². The molecule has 2 aromatic carbocycles. The molecule has 0 aliphatic heterocycles. The van der Waals surface area contributed by atoms with Crippen molar-refractivity contribution in [2.45, 2.75) is 37.2 Å². The highest BCUT2D eigenvalue weighted by molar-refractivity contribution is 5.90. The summed E-state index contributed by atoms with van der Waals surface area (Å²) >= 11 is 0. The molecule has 0 aromatic heterocycles. The number of carboxylic acids is 1. The zero-order valence-corrected chi connectivity index (χ0v) is 17.3. The van der Waals surface area contributed by atoms with E-state index in [1.165, 1.54) is 5.32 Å². The molecule has 33 heavy (non-hydrogen) atoms. The van der Waals surface area contributed by atoms with Gasteiger partial charge in [-0.15, -0.1) is 0 Å². The van der Waals surface area contributed by atoms with E-state index in [-0.39, 0.29) is 6.61 Å². The smallest absolute Gasteiger partial charge is 0.417 e. The van der Waals surface area contributed by atoms with Crippen LogP contribution in [-0.4, -0.2) is 59.2 Å². The molecule has 11 heteroatoms. The van der Waals surface area contributed by atoms with Gasteiger partial charge in [-0.05, 0) is 29.2 Å². The Bertz CT molecular complexity index is 1010. The van der Waals surface area contributed by atoms with Crippen LogP contribution in [0.5, 0.6) is 0 Å². The predicted molar refractivity (Wildman–Crippen MR) is 109 cm³/mol. The topological polar surface area (TPSA) is 125 Å². The van der Waals surface area contributed by atoms with Crippen molar-refractivity contribution < 1.29 is 42.5 Å². The molecule has 0 saturated heterocycles. The first-order valence-corrected chi connectivity index (χ1v) is 9.90. The van der Waals surface area contributed by atoms with E-state index in [0.717, 1.165) is 29.2 Å². The number of nitrogens with one attached hydrogen (secondary N) is 2. The third kappa shape index (κ3) is 5.25. The number of hydrogen-bond acceptors (Lipinski definition) is 5. The predicted octanol–water partition coefficient (Wildman–Crippen LogP) is 2.41. The van der Waals surface area contributed by atoms with Crippen LogP contribution in [0.15, 0.2) is 48.5 Å². The summed E-state index contributed by atoms with van der Waals surface area (Å²) < 4.78 is 45.2. The number of alkyl halides is 3. The summed E-state index contributed by atoms with van der Waals surface area (Å²) in [5.74, 6) is -3.99. The van der Waals surface area contributed by atoms with Crippen LogP contribution in [0.25, 0.3) is 11.1 Å². The number of benzene rings is 2. The van der Waals surface area contributed by atoms with E-state index in [2.05, 4.69) is 0 Å². The molecule has 1 aliphatic rings. The Morgan fingerprint density at radius 2 is 1.52 bits per heavy atom. The van der Waals surface area contributed by atoms with Gasteiger partial charge in [0.05, 0.1) is 6.10 Å². The van der Waals surface area contributed by atoms with Crippen molar-refractivity contribution in [1.29, 1.82) is 0 Å². The molecule has 0 spiro atoms. The lowest BCUT2D eigenvalue weighted by atomic mass is 9.98.